The van der Waals surface area contributed by atoms with Gasteiger partial charge in [0, 0.05) is 12.2 Å². The van der Waals surface area contributed by atoms with Crippen molar-refractivity contribution in [1.82, 2.24) is 4.90 Å². The van der Waals surface area contributed by atoms with Crippen LogP contribution in [-0.2, 0) is 6.54 Å². The molecule has 2 nitrogen and oxygen atoms in total. The van der Waals surface area contributed by atoms with Gasteiger partial charge in [-0.2, -0.15) is 0 Å². The van der Waals surface area contributed by atoms with Gasteiger partial charge in [0.2, 0.25) is 0 Å². The molecule has 1 aromatic rings. The molecule has 1 heterocycles. The van der Waals surface area contributed by atoms with E-state index in [-0.39, 0.29) is 5.82 Å². The molecule has 100 valence electrons. The van der Waals surface area contributed by atoms with Gasteiger partial charge in [-0.05, 0) is 56.0 Å². The number of rotatable bonds is 3. The quantitative estimate of drug-likeness (QED) is 0.833. The second-order valence-electron chi connectivity index (χ2n) is 5.32. The molecular weight excluding hydrogens is 227 g/mol. The second kappa shape index (κ2) is 6.19. The molecule has 0 radical (unpaired) electrons. The van der Waals surface area contributed by atoms with Crippen molar-refractivity contribution in [3.63, 3.8) is 0 Å². The molecular formula is C15H23FN2. The number of hydrogen-bond acceptors (Lipinski definition) is 2. The number of nitrogens with two attached hydrogens (primary N) is 1. The van der Waals surface area contributed by atoms with Crippen LogP contribution in [0.15, 0.2) is 18.2 Å². The van der Waals surface area contributed by atoms with Crippen molar-refractivity contribution in [2.75, 3.05) is 18.8 Å². The maximum atomic E-state index is 13.0. The van der Waals surface area contributed by atoms with Crippen molar-refractivity contribution in [2.45, 2.75) is 39.2 Å². The molecule has 0 spiro atoms. The summed E-state index contributed by atoms with van der Waals surface area (Å²) in [6.45, 7) is 5.39. The van der Waals surface area contributed by atoms with Crippen LogP contribution >= 0.6 is 0 Å². The summed E-state index contributed by atoms with van der Waals surface area (Å²) in [6, 6.07) is 4.73. The molecule has 0 bridgehead atoms. The van der Waals surface area contributed by atoms with Crippen LogP contribution in [0.25, 0.3) is 0 Å². The van der Waals surface area contributed by atoms with Crippen molar-refractivity contribution >= 4 is 5.69 Å². The minimum absolute atomic E-state index is 0.252. The van der Waals surface area contributed by atoms with Crippen LogP contribution in [0.1, 0.15) is 38.2 Å². The van der Waals surface area contributed by atoms with Gasteiger partial charge in [0.1, 0.15) is 5.82 Å². The zero-order valence-electron chi connectivity index (χ0n) is 11.2. The lowest BCUT2D eigenvalue weighted by Crippen LogP contribution is -2.24. The summed E-state index contributed by atoms with van der Waals surface area (Å²) in [7, 11) is 0. The van der Waals surface area contributed by atoms with Gasteiger partial charge in [0.15, 0.2) is 0 Å². The van der Waals surface area contributed by atoms with Crippen molar-refractivity contribution < 1.29 is 4.39 Å². The SMILES string of the molecule is CCC1CCCN(Cc2ccc(F)cc2N)CC1. The first-order chi connectivity index (χ1) is 8.69. The maximum absolute atomic E-state index is 13.0. The molecule has 0 aromatic heterocycles. The Bertz CT molecular complexity index is 392. The largest absolute Gasteiger partial charge is 0.398 e. The van der Waals surface area contributed by atoms with Crippen molar-refractivity contribution in [3.8, 4) is 0 Å². The van der Waals surface area contributed by atoms with Crippen LogP contribution in [-0.4, -0.2) is 18.0 Å². The molecule has 2 rings (SSSR count). The lowest BCUT2D eigenvalue weighted by Gasteiger charge is -2.21. The van der Waals surface area contributed by atoms with Gasteiger partial charge in [-0.3, -0.25) is 4.90 Å². The number of halogens is 1. The monoisotopic (exact) mass is 250 g/mol. The number of benzene rings is 1. The smallest absolute Gasteiger partial charge is 0.125 e. The van der Waals surface area contributed by atoms with E-state index in [1.807, 2.05) is 6.07 Å². The Hall–Kier alpha value is -1.09. The van der Waals surface area contributed by atoms with Crippen molar-refractivity contribution in [1.29, 1.82) is 0 Å². The fraction of sp³-hybridized carbons (Fsp3) is 0.600. The standard InChI is InChI=1S/C15H23FN2/c1-2-12-4-3-8-18(9-7-12)11-13-5-6-14(16)10-15(13)17/h5-6,10,12H,2-4,7-9,11,17H2,1H3. The minimum Gasteiger partial charge on any atom is -0.398 e. The molecule has 1 fully saturated rings. The first-order valence-corrected chi connectivity index (χ1v) is 6.95. The van der Waals surface area contributed by atoms with Crippen LogP contribution < -0.4 is 5.73 Å². The number of hydrogen-bond donors (Lipinski definition) is 1. The third-order valence-corrected chi connectivity index (χ3v) is 4.02. The Morgan fingerprint density at radius 3 is 2.89 bits per heavy atom. The topological polar surface area (TPSA) is 29.3 Å². The van der Waals surface area contributed by atoms with E-state index in [0.717, 1.165) is 31.1 Å². The van der Waals surface area contributed by atoms with E-state index < -0.39 is 0 Å². The van der Waals surface area contributed by atoms with Gasteiger partial charge < -0.3 is 5.73 Å². The van der Waals surface area contributed by atoms with Gasteiger partial charge in [0.25, 0.3) is 0 Å². The van der Waals surface area contributed by atoms with Crippen LogP contribution in [0.5, 0.6) is 0 Å². The fourth-order valence-corrected chi connectivity index (χ4v) is 2.74. The molecule has 18 heavy (non-hydrogen) atoms. The Labute approximate surface area is 109 Å². The normalized spacial score (nSPS) is 21.8. The highest BCUT2D eigenvalue weighted by atomic mass is 19.1. The highest BCUT2D eigenvalue weighted by Crippen LogP contribution is 2.22. The first-order valence-electron chi connectivity index (χ1n) is 6.95. The average molecular weight is 250 g/mol. The van der Waals surface area contributed by atoms with Crippen molar-refractivity contribution in [3.05, 3.63) is 29.6 Å². The highest BCUT2D eigenvalue weighted by Gasteiger charge is 2.16. The minimum atomic E-state index is -0.252. The summed E-state index contributed by atoms with van der Waals surface area (Å²) >= 11 is 0. The summed E-state index contributed by atoms with van der Waals surface area (Å²) < 4.78 is 13.0. The molecule has 2 N–H and O–H groups in total. The van der Waals surface area contributed by atoms with Crippen LogP contribution in [0.4, 0.5) is 10.1 Å². The van der Waals surface area contributed by atoms with E-state index in [1.54, 1.807) is 0 Å². The van der Waals surface area contributed by atoms with Crippen LogP contribution in [0.3, 0.4) is 0 Å². The van der Waals surface area contributed by atoms with Gasteiger partial charge >= 0.3 is 0 Å². The molecule has 0 amide bonds. The molecule has 1 atom stereocenters. The van der Waals surface area contributed by atoms with E-state index in [2.05, 4.69) is 11.8 Å². The zero-order chi connectivity index (χ0) is 13.0. The van der Waals surface area contributed by atoms with Gasteiger partial charge in [-0.15, -0.1) is 0 Å². The molecule has 1 saturated heterocycles. The Balaban J connectivity index is 1.96. The molecule has 3 heteroatoms. The number of nitrogen functional groups attached to an aromatic ring is 1. The summed E-state index contributed by atoms with van der Waals surface area (Å²) in [6.07, 6.45) is 5.16. The molecule has 1 aromatic carbocycles. The van der Waals surface area contributed by atoms with Gasteiger partial charge in [-0.25, -0.2) is 4.39 Å². The van der Waals surface area contributed by atoms with E-state index in [0.29, 0.717) is 5.69 Å². The van der Waals surface area contributed by atoms with Gasteiger partial charge in [-0.1, -0.05) is 19.4 Å². The molecule has 1 aliphatic rings. The predicted octanol–water partition coefficient (Wildman–Crippen LogP) is 3.42. The molecule has 0 aliphatic carbocycles. The number of nitrogens with zero attached hydrogens (tertiary/aromatic N) is 1. The first kappa shape index (κ1) is 13.3. The molecule has 1 unspecified atom stereocenters. The Kier molecular flexibility index (Phi) is 4.59. The van der Waals surface area contributed by atoms with Gasteiger partial charge in [0.05, 0.1) is 0 Å². The predicted molar refractivity (Wildman–Crippen MR) is 73.7 cm³/mol. The van der Waals surface area contributed by atoms with E-state index in [1.165, 1.54) is 37.8 Å². The lowest BCUT2D eigenvalue weighted by atomic mass is 9.98. The molecule has 1 aliphatic heterocycles. The third-order valence-electron chi connectivity index (χ3n) is 4.02. The fourth-order valence-electron chi connectivity index (χ4n) is 2.74. The summed E-state index contributed by atoms with van der Waals surface area (Å²) in [5, 5.41) is 0. The maximum Gasteiger partial charge on any atom is 0.125 e. The van der Waals surface area contributed by atoms with E-state index in [9.17, 15) is 4.39 Å². The Morgan fingerprint density at radius 2 is 2.17 bits per heavy atom. The van der Waals surface area contributed by atoms with Crippen LogP contribution in [0.2, 0.25) is 0 Å². The summed E-state index contributed by atoms with van der Waals surface area (Å²) in [5.41, 5.74) is 7.49. The van der Waals surface area contributed by atoms with E-state index >= 15 is 0 Å². The summed E-state index contributed by atoms with van der Waals surface area (Å²) in [4.78, 5) is 2.44. The zero-order valence-corrected chi connectivity index (χ0v) is 11.2. The summed E-state index contributed by atoms with van der Waals surface area (Å²) in [5.74, 6) is 0.624. The third kappa shape index (κ3) is 3.45. The Morgan fingerprint density at radius 1 is 1.33 bits per heavy atom. The second-order valence-corrected chi connectivity index (χ2v) is 5.32. The van der Waals surface area contributed by atoms with Crippen molar-refractivity contribution in [2.24, 2.45) is 5.92 Å². The van der Waals surface area contributed by atoms with Crippen LogP contribution in [0, 0.1) is 11.7 Å². The molecule has 0 saturated carbocycles. The van der Waals surface area contributed by atoms with E-state index in [4.69, 9.17) is 5.73 Å². The number of anilines is 1. The average Bonchev–Trinajstić information content (AvgIpc) is 2.58. The number of likely N-dealkylation sites (tertiary alicyclic amines) is 1. The highest BCUT2D eigenvalue weighted by molar-refractivity contribution is 5.46. The lowest BCUT2D eigenvalue weighted by molar-refractivity contribution is 0.272.